The molecular formula is C20H22N4O4S. The summed E-state index contributed by atoms with van der Waals surface area (Å²) < 4.78 is 5.21. The molecule has 2 aromatic rings. The monoisotopic (exact) mass is 414 g/mol. The lowest BCUT2D eigenvalue weighted by atomic mass is 9.96. The lowest BCUT2D eigenvalue weighted by molar-refractivity contribution is -0.149. The summed E-state index contributed by atoms with van der Waals surface area (Å²) in [5, 5.41) is 8.39. The van der Waals surface area contributed by atoms with Gasteiger partial charge in [0.25, 0.3) is 5.91 Å². The number of nitrogens with zero attached hydrogens (tertiary/aromatic N) is 2. The summed E-state index contributed by atoms with van der Waals surface area (Å²) in [7, 11) is 0. The van der Waals surface area contributed by atoms with Crippen LogP contribution in [-0.2, 0) is 20.9 Å². The van der Waals surface area contributed by atoms with Gasteiger partial charge in [0.1, 0.15) is 18.7 Å². The molecule has 152 valence electrons. The fourth-order valence-corrected chi connectivity index (χ4v) is 4.03. The van der Waals surface area contributed by atoms with Crippen molar-refractivity contribution < 1.29 is 19.1 Å². The molecule has 29 heavy (non-hydrogen) atoms. The Morgan fingerprint density at radius 1 is 1.34 bits per heavy atom. The Bertz CT molecular complexity index is 954. The van der Waals surface area contributed by atoms with Crippen molar-refractivity contribution in [1.29, 1.82) is 0 Å². The number of anilines is 2. The molecule has 0 radical (unpaired) electrons. The fraction of sp³-hybridized carbons (Fsp3) is 0.400. The molecular weight excluding hydrogens is 392 g/mol. The van der Waals surface area contributed by atoms with Gasteiger partial charge in [0.2, 0.25) is 0 Å². The van der Waals surface area contributed by atoms with Crippen LogP contribution in [0.4, 0.5) is 15.6 Å². The minimum absolute atomic E-state index is 0.0194. The largest absolute Gasteiger partial charge is 0.458 e. The zero-order chi connectivity index (χ0) is 20.6. The van der Waals surface area contributed by atoms with Crippen LogP contribution in [0.2, 0.25) is 0 Å². The van der Waals surface area contributed by atoms with Crippen molar-refractivity contribution in [3.05, 3.63) is 40.9 Å². The summed E-state index contributed by atoms with van der Waals surface area (Å²) >= 11 is 1.40. The molecule has 2 N–H and O–H groups in total. The van der Waals surface area contributed by atoms with Gasteiger partial charge in [-0.25, -0.2) is 9.78 Å². The number of urea groups is 1. The van der Waals surface area contributed by atoms with Crippen molar-refractivity contribution in [1.82, 2.24) is 15.2 Å². The molecule has 0 spiro atoms. The molecule has 9 heteroatoms. The van der Waals surface area contributed by atoms with Gasteiger partial charge in [-0.05, 0) is 44.7 Å². The molecule has 2 heterocycles. The number of aromatic nitrogens is 1. The lowest BCUT2D eigenvalue weighted by Crippen LogP contribution is -2.46. The van der Waals surface area contributed by atoms with Crippen LogP contribution in [0.3, 0.4) is 0 Å². The smallest absolute Gasteiger partial charge is 0.326 e. The van der Waals surface area contributed by atoms with Crippen LogP contribution in [0.5, 0.6) is 0 Å². The van der Waals surface area contributed by atoms with Crippen molar-refractivity contribution in [2.75, 3.05) is 11.9 Å². The maximum absolute atomic E-state index is 12.5. The van der Waals surface area contributed by atoms with Gasteiger partial charge in [0.15, 0.2) is 5.13 Å². The van der Waals surface area contributed by atoms with Crippen molar-refractivity contribution in [3.8, 4) is 0 Å². The highest BCUT2D eigenvalue weighted by Gasteiger charge is 2.56. The fourth-order valence-electron chi connectivity index (χ4n) is 3.32. The minimum atomic E-state index is -0.900. The van der Waals surface area contributed by atoms with Crippen molar-refractivity contribution in [2.45, 2.75) is 38.8 Å². The van der Waals surface area contributed by atoms with Gasteiger partial charge >= 0.3 is 12.0 Å². The van der Waals surface area contributed by atoms with Gasteiger partial charge in [-0.1, -0.05) is 17.7 Å². The number of hydrogen-bond acceptors (Lipinski definition) is 7. The topological polar surface area (TPSA) is 101 Å². The number of thiazole rings is 1. The Hall–Kier alpha value is -2.94. The molecule has 1 saturated heterocycles. The van der Waals surface area contributed by atoms with Crippen molar-refractivity contribution in [2.24, 2.45) is 5.92 Å². The molecule has 0 unspecified atom stereocenters. The average Bonchev–Trinajstić information content (AvgIpc) is 3.42. The molecule has 2 fully saturated rings. The van der Waals surface area contributed by atoms with Crippen LogP contribution in [0.15, 0.2) is 29.6 Å². The highest BCUT2D eigenvalue weighted by atomic mass is 32.1. The molecule has 1 saturated carbocycles. The van der Waals surface area contributed by atoms with Gasteiger partial charge in [-0.3, -0.25) is 14.5 Å². The molecule has 1 aliphatic heterocycles. The van der Waals surface area contributed by atoms with E-state index in [2.05, 4.69) is 15.6 Å². The summed E-state index contributed by atoms with van der Waals surface area (Å²) in [5.74, 6) is -0.857. The first kappa shape index (κ1) is 19.4. The standard InChI is InChI=1S/C20H22N4O4S/c1-12-3-7-14(8-4-12)21-18-22-15(11-29-18)10-28-16(25)9-24-17(26)20(2,13-5-6-13)23-19(24)27/h3-4,7-8,11,13H,5-6,9-10H2,1-2H3,(H,21,22)(H,23,27)/t20-/m0/s1. The van der Waals surface area contributed by atoms with E-state index in [1.165, 1.54) is 16.9 Å². The number of rotatable bonds is 7. The zero-order valence-electron chi connectivity index (χ0n) is 16.2. The molecule has 1 atom stereocenters. The number of esters is 1. The van der Waals surface area contributed by atoms with Gasteiger partial charge in [0.05, 0.1) is 5.69 Å². The molecule has 2 aliphatic rings. The normalized spacial score (nSPS) is 21.2. The summed E-state index contributed by atoms with van der Waals surface area (Å²) in [5.41, 5.74) is 1.79. The third-order valence-electron chi connectivity index (χ3n) is 5.22. The maximum atomic E-state index is 12.5. The Morgan fingerprint density at radius 3 is 2.76 bits per heavy atom. The van der Waals surface area contributed by atoms with E-state index in [0.29, 0.717) is 10.8 Å². The van der Waals surface area contributed by atoms with E-state index in [1.54, 1.807) is 12.3 Å². The van der Waals surface area contributed by atoms with E-state index in [9.17, 15) is 14.4 Å². The van der Waals surface area contributed by atoms with Crippen LogP contribution < -0.4 is 10.6 Å². The van der Waals surface area contributed by atoms with Crippen molar-refractivity contribution in [3.63, 3.8) is 0 Å². The number of carbonyl (C=O) groups is 3. The molecule has 1 aromatic heterocycles. The maximum Gasteiger partial charge on any atom is 0.326 e. The number of imide groups is 1. The molecule has 1 aliphatic carbocycles. The summed E-state index contributed by atoms with van der Waals surface area (Å²) in [6, 6.07) is 7.39. The summed E-state index contributed by atoms with van der Waals surface area (Å²) in [6.45, 7) is 3.32. The van der Waals surface area contributed by atoms with Crippen LogP contribution in [0.1, 0.15) is 31.0 Å². The molecule has 0 bridgehead atoms. The van der Waals surface area contributed by atoms with E-state index < -0.39 is 24.1 Å². The molecule has 8 nitrogen and oxygen atoms in total. The highest BCUT2D eigenvalue weighted by molar-refractivity contribution is 7.13. The van der Waals surface area contributed by atoms with Crippen LogP contribution in [-0.4, -0.2) is 39.9 Å². The highest BCUT2D eigenvalue weighted by Crippen LogP contribution is 2.42. The van der Waals surface area contributed by atoms with Crippen LogP contribution >= 0.6 is 11.3 Å². The second-order valence-electron chi connectivity index (χ2n) is 7.59. The second-order valence-corrected chi connectivity index (χ2v) is 8.45. The predicted molar refractivity (Wildman–Crippen MR) is 108 cm³/mol. The second kappa shape index (κ2) is 7.47. The van der Waals surface area contributed by atoms with Gasteiger partial charge in [-0.2, -0.15) is 0 Å². The Labute approximate surface area is 172 Å². The van der Waals surface area contributed by atoms with E-state index in [-0.39, 0.29) is 18.4 Å². The number of nitrogens with one attached hydrogen (secondary N) is 2. The molecule has 3 amide bonds. The van der Waals surface area contributed by atoms with Crippen LogP contribution in [0.25, 0.3) is 0 Å². The van der Waals surface area contributed by atoms with E-state index in [0.717, 1.165) is 23.4 Å². The predicted octanol–water partition coefficient (Wildman–Crippen LogP) is 2.96. The Kier molecular flexibility index (Phi) is 4.99. The first-order valence-electron chi connectivity index (χ1n) is 9.43. The number of carbonyl (C=O) groups excluding carboxylic acids is 3. The molecule has 4 rings (SSSR count). The van der Waals surface area contributed by atoms with E-state index in [1.807, 2.05) is 31.2 Å². The van der Waals surface area contributed by atoms with E-state index in [4.69, 9.17) is 4.74 Å². The summed E-state index contributed by atoms with van der Waals surface area (Å²) in [6.07, 6.45) is 1.81. The van der Waals surface area contributed by atoms with Gasteiger partial charge in [0, 0.05) is 11.1 Å². The minimum Gasteiger partial charge on any atom is -0.458 e. The third kappa shape index (κ3) is 4.09. The average molecular weight is 414 g/mol. The number of ether oxygens (including phenoxy) is 1. The van der Waals surface area contributed by atoms with Crippen molar-refractivity contribution >= 4 is 40.1 Å². The molecule has 1 aromatic carbocycles. The van der Waals surface area contributed by atoms with Crippen LogP contribution in [0, 0.1) is 12.8 Å². The third-order valence-corrected chi connectivity index (χ3v) is 6.02. The Balaban J connectivity index is 1.29. The zero-order valence-corrected chi connectivity index (χ0v) is 17.0. The first-order chi connectivity index (χ1) is 13.8. The van der Waals surface area contributed by atoms with Gasteiger partial charge in [-0.15, -0.1) is 11.3 Å². The number of benzene rings is 1. The lowest BCUT2D eigenvalue weighted by Gasteiger charge is -2.20. The summed E-state index contributed by atoms with van der Waals surface area (Å²) in [4.78, 5) is 42.1. The first-order valence-corrected chi connectivity index (χ1v) is 10.3. The number of hydrogen-bond donors (Lipinski definition) is 2. The quantitative estimate of drug-likeness (QED) is 0.534. The number of aryl methyl sites for hydroxylation is 1. The Morgan fingerprint density at radius 2 is 2.07 bits per heavy atom. The van der Waals surface area contributed by atoms with E-state index >= 15 is 0 Å². The SMILES string of the molecule is Cc1ccc(Nc2nc(COC(=O)CN3C(=O)N[C@@](C)(C4CC4)C3=O)cs2)cc1. The number of amides is 3. The van der Waals surface area contributed by atoms with Gasteiger partial charge < -0.3 is 15.4 Å².